The van der Waals surface area contributed by atoms with Crippen LogP contribution < -0.4 is 14.2 Å². The van der Waals surface area contributed by atoms with Crippen molar-refractivity contribution in [2.24, 2.45) is 0 Å². The van der Waals surface area contributed by atoms with Crippen molar-refractivity contribution in [3.63, 3.8) is 0 Å². The minimum atomic E-state index is -0.370. The normalized spacial score (nSPS) is 16.2. The van der Waals surface area contributed by atoms with Crippen LogP contribution in [0.5, 0.6) is 23.0 Å². The lowest BCUT2D eigenvalue weighted by molar-refractivity contribution is -0.131. The van der Waals surface area contributed by atoms with Crippen molar-refractivity contribution < 1.29 is 24.1 Å². The van der Waals surface area contributed by atoms with E-state index in [0.717, 1.165) is 18.4 Å². The number of aromatic hydroxyl groups is 1. The molecule has 0 saturated carbocycles. The first-order valence-electron chi connectivity index (χ1n) is 7.41. The Labute approximate surface area is 134 Å². The van der Waals surface area contributed by atoms with Crippen molar-refractivity contribution in [1.82, 2.24) is 0 Å². The van der Waals surface area contributed by atoms with E-state index in [0.29, 0.717) is 22.8 Å². The molecule has 1 unspecified atom stereocenters. The largest absolute Gasteiger partial charge is 0.507 e. The Kier molecular flexibility index (Phi) is 4.10. The van der Waals surface area contributed by atoms with Crippen LogP contribution >= 0.6 is 0 Å². The summed E-state index contributed by atoms with van der Waals surface area (Å²) in [6.45, 7) is 1.36. The maximum Gasteiger partial charge on any atom is 0.308 e. The highest BCUT2D eigenvalue weighted by Gasteiger charge is 2.24. The van der Waals surface area contributed by atoms with Crippen LogP contribution in [0.25, 0.3) is 0 Å². The molecule has 0 amide bonds. The molecule has 0 saturated heterocycles. The van der Waals surface area contributed by atoms with Crippen molar-refractivity contribution in [3.8, 4) is 23.0 Å². The van der Waals surface area contributed by atoms with Crippen LogP contribution in [-0.2, 0) is 11.2 Å². The summed E-state index contributed by atoms with van der Waals surface area (Å²) in [4.78, 5) is 11.1. The van der Waals surface area contributed by atoms with E-state index in [1.54, 1.807) is 37.4 Å². The summed E-state index contributed by atoms with van der Waals surface area (Å²) < 4.78 is 16.2. The van der Waals surface area contributed by atoms with E-state index in [4.69, 9.17) is 14.2 Å². The SMILES string of the molecule is COc1ccc(C2CCc3ccc(OC(C)=O)cc3O2)c(O)c1. The van der Waals surface area contributed by atoms with E-state index < -0.39 is 0 Å². The molecule has 0 aromatic heterocycles. The molecule has 1 heterocycles. The summed E-state index contributed by atoms with van der Waals surface area (Å²) in [6, 6.07) is 10.5. The van der Waals surface area contributed by atoms with Gasteiger partial charge in [-0.25, -0.2) is 0 Å². The number of phenols is 1. The van der Waals surface area contributed by atoms with Gasteiger partial charge in [0.25, 0.3) is 0 Å². The van der Waals surface area contributed by atoms with Crippen LogP contribution in [0.3, 0.4) is 0 Å². The Morgan fingerprint density at radius 3 is 2.70 bits per heavy atom. The van der Waals surface area contributed by atoms with Crippen molar-refractivity contribution in [2.45, 2.75) is 25.9 Å². The smallest absolute Gasteiger partial charge is 0.308 e. The quantitative estimate of drug-likeness (QED) is 0.695. The van der Waals surface area contributed by atoms with Gasteiger partial charge in [0.2, 0.25) is 0 Å². The van der Waals surface area contributed by atoms with E-state index in [1.165, 1.54) is 6.92 Å². The van der Waals surface area contributed by atoms with Gasteiger partial charge in [-0.3, -0.25) is 4.79 Å². The van der Waals surface area contributed by atoms with Gasteiger partial charge in [0.1, 0.15) is 29.1 Å². The molecular formula is C18H18O5. The first-order chi connectivity index (χ1) is 11.1. The number of hydrogen-bond acceptors (Lipinski definition) is 5. The first kappa shape index (κ1) is 15.2. The molecule has 1 atom stereocenters. The average Bonchev–Trinajstić information content (AvgIpc) is 2.53. The minimum absolute atomic E-state index is 0.147. The number of esters is 1. The molecule has 3 rings (SSSR count). The van der Waals surface area contributed by atoms with E-state index in [2.05, 4.69) is 0 Å². The molecule has 23 heavy (non-hydrogen) atoms. The van der Waals surface area contributed by atoms with Crippen LogP contribution in [0.2, 0.25) is 0 Å². The number of phenolic OH excluding ortho intramolecular Hbond substituents is 1. The molecule has 5 heteroatoms. The Hall–Kier alpha value is -2.69. The van der Waals surface area contributed by atoms with Gasteiger partial charge in [-0.2, -0.15) is 0 Å². The van der Waals surface area contributed by atoms with E-state index >= 15 is 0 Å². The lowest BCUT2D eigenvalue weighted by Gasteiger charge is -2.27. The Morgan fingerprint density at radius 2 is 2.00 bits per heavy atom. The number of ether oxygens (including phenoxy) is 3. The monoisotopic (exact) mass is 314 g/mol. The Balaban J connectivity index is 1.85. The second-order valence-corrected chi connectivity index (χ2v) is 5.43. The predicted octanol–water partition coefficient (Wildman–Crippen LogP) is 3.39. The number of carbonyl (C=O) groups is 1. The molecule has 0 fully saturated rings. The molecule has 5 nitrogen and oxygen atoms in total. The zero-order valence-electron chi connectivity index (χ0n) is 13.0. The van der Waals surface area contributed by atoms with Crippen LogP contribution in [0.1, 0.15) is 30.6 Å². The van der Waals surface area contributed by atoms with Crippen LogP contribution in [-0.4, -0.2) is 18.2 Å². The number of aryl methyl sites for hydroxylation is 1. The molecule has 0 bridgehead atoms. The standard InChI is InChI=1S/C18H18O5/c1-11(19)22-14-5-3-12-4-8-17(23-18(12)10-14)15-7-6-13(21-2)9-16(15)20/h3,5-7,9-10,17,20H,4,8H2,1-2H3. The third kappa shape index (κ3) is 3.23. The molecule has 0 spiro atoms. The van der Waals surface area contributed by atoms with Gasteiger partial charge in [0, 0.05) is 24.6 Å². The molecule has 1 N–H and O–H groups in total. The van der Waals surface area contributed by atoms with Gasteiger partial charge < -0.3 is 19.3 Å². The number of rotatable bonds is 3. The third-order valence-corrected chi connectivity index (χ3v) is 3.83. The van der Waals surface area contributed by atoms with Crippen LogP contribution in [0, 0.1) is 0 Å². The van der Waals surface area contributed by atoms with E-state index in [9.17, 15) is 9.90 Å². The molecule has 0 radical (unpaired) electrons. The zero-order valence-corrected chi connectivity index (χ0v) is 13.0. The average molecular weight is 314 g/mol. The molecule has 1 aliphatic heterocycles. The van der Waals surface area contributed by atoms with Gasteiger partial charge in [-0.15, -0.1) is 0 Å². The first-order valence-corrected chi connectivity index (χ1v) is 7.41. The molecular weight excluding hydrogens is 296 g/mol. The second kappa shape index (κ2) is 6.20. The number of methoxy groups -OCH3 is 1. The Bertz CT molecular complexity index is 738. The maximum absolute atomic E-state index is 11.1. The summed E-state index contributed by atoms with van der Waals surface area (Å²) in [5.41, 5.74) is 1.78. The van der Waals surface area contributed by atoms with E-state index in [-0.39, 0.29) is 17.8 Å². The Morgan fingerprint density at radius 1 is 1.22 bits per heavy atom. The maximum atomic E-state index is 11.1. The van der Waals surface area contributed by atoms with Gasteiger partial charge in [0.05, 0.1) is 7.11 Å². The van der Waals surface area contributed by atoms with Gasteiger partial charge in [-0.05, 0) is 36.6 Å². The highest BCUT2D eigenvalue weighted by Crippen LogP contribution is 2.40. The topological polar surface area (TPSA) is 65.0 Å². The fourth-order valence-electron chi connectivity index (χ4n) is 2.72. The minimum Gasteiger partial charge on any atom is -0.507 e. The highest BCUT2D eigenvalue weighted by atomic mass is 16.5. The lowest BCUT2D eigenvalue weighted by Crippen LogP contribution is -2.15. The third-order valence-electron chi connectivity index (χ3n) is 3.83. The van der Waals surface area contributed by atoms with Crippen molar-refractivity contribution in [2.75, 3.05) is 7.11 Å². The molecule has 2 aromatic rings. The second-order valence-electron chi connectivity index (χ2n) is 5.43. The van der Waals surface area contributed by atoms with Crippen molar-refractivity contribution in [1.29, 1.82) is 0 Å². The number of carbonyl (C=O) groups excluding carboxylic acids is 1. The number of hydrogen-bond donors (Lipinski definition) is 1. The van der Waals surface area contributed by atoms with E-state index in [1.807, 2.05) is 6.07 Å². The summed E-state index contributed by atoms with van der Waals surface area (Å²) >= 11 is 0. The zero-order chi connectivity index (χ0) is 16.4. The molecule has 1 aliphatic rings. The number of fused-ring (bicyclic) bond motifs is 1. The summed E-state index contributed by atoms with van der Waals surface area (Å²) in [6.07, 6.45) is 1.34. The molecule has 2 aromatic carbocycles. The predicted molar refractivity (Wildman–Crippen MR) is 84.1 cm³/mol. The summed E-state index contributed by atoms with van der Waals surface area (Å²) in [5, 5.41) is 10.2. The summed E-state index contributed by atoms with van der Waals surface area (Å²) in [7, 11) is 1.55. The van der Waals surface area contributed by atoms with Gasteiger partial charge in [0.15, 0.2) is 0 Å². The number of benzene rings is 2. The lowest BCUT2D eigenvalue weighted by atomic mass is 9.96. The van der Waals surface area contributed by atoms with Gasteiger partial charge in [-0.1, -0.05) is 6.07 Å². The molecule has 0 aliphatic carbocycles. The fourth-order valence-corrected chi connectivity index (χ4v) is 2.72. The molecule has 120 valence electrons. The van der Waals surface area contributed by atoms with Crippen molar-refractivity contribution in [3.05, 3.63) is 47.5 Å². The van der Waals surface area contributed by atoms with Crippen LogP contribution in [0.15, 0.2) is 36.4 Å². The van der Waals surface area contributed by atoms with Gasteiger partial charge >= 0.3 is 5.97 Å². The van der Waals surface area contributed by atoms with Crippen LogP contribution in [0.4, 0.5) is 0 Å². The summed E-state index contributed by atoms with van der Waals surface area (Å²) in [5.74, 6) is 1.50. The fraction of sp³-hybridized carbons (Fsp3) is 0.278. The van der Waals surface area contributed by atoms with Crippen molar-refractivity contribution >= 4 is 5.97 Å². The highest BCUT2D eigenvalue weighted by molar-refractivity contribution is 5.69.